The third-order valence-corrected chi connectivity index (χ3v) is 6.03. The van der Waals surface area contributed by atoms with Crippen molar-refractivity contribution in [1.29, 1.82) is 0 Å². The van der Waals surface area contributed by atoms with Crippen LogP contribution in [0.5, 0.6) is 0 Å². The molecule has 3 aromatic rings. The number of carbonyl (C=O) groups is 5. The van der Waals surface area contributed by atoms with Gasteiger partial charge >= 0.3 is 30.3 Å². The van der Waals surface area contributed by atoms with Crippen LogP contribution >= 0.6 is 15.9 Å². The number of halogens is 7. The fraction of sp³-hybridized carbons (Fsp3) is 0.148. The van der Waals surface area contributed by atoms with Crippen molar-refractivity contribution < 1.29 is 64.9 Å². The van der Waals surface area contributed by atoms with Gasteiger partial charge in [-0.1, -0.05) is 28.1 Å². The van der Waals surface area contributed by atoms with Crippen molar-refractivity contribution in [3.8, 4) is 0 Å². The van der Waals surface area contributed by atoms with Crippen molar-refractivity contribution in [3.63, 3.8) is 0 Å². The standard InChI is InChI=1S/C27H17BrF6N2O8/c28-18-9-7-13(8-10-18)21(37)35-36-22(38)19(43-24(41)14-3-1-5-16(11-14)26(29,30)31)20(23(39)40)44-25(42)15-4-2-6-17(12-15)27(32,33)34/h1-12,19-20H,(H,35,37)(H,36,38)(H,39,40)/t19-,20+/m1/s1. The fourth-order valence-corrected chi connectivity index (χ4v) is 3.63. The summed E-state index contributed by atoms with van der Waals surface area (Å²) in [6.45, 7) is 0. The van der Waals surface area contributed by atoms with Crippen molar-refractivity contribution in [1.82, 2.24) is 10.9 Å². The van der Waals surface area contributed by atoms with E-state index in [1.54, 1.807) is 5.43 Å². The summed E-state index contributed by atoms with van der Waals surface area (Å²) >= 11 is 3.15. The van der Waals surface area contributed by atoms with Gasteiger partial charge in [0, 0.05) is 10.0 Å². The molecule has 0 aliphatic carbocycles. The molecule has 0 aromatic heterocycles. The lowest BCUT2D eigenvalue weighted by molar-refractivity contribution is -0.159. The number of carbonyl (C=O) groups excluding carboxylic acids is 4. The molecule has 10 nitrogen and oxygen atoms in total. The Morgan fingerprint density at radius 2 is 1.11 bits per heavy atom. The largest absolute Gasteiger partial charge is 0.478 e. The summed E-state index contributed by atoms with van der Waals surface area (Å²) in [5, 5.41) is 9.72. The van der Waals surface area contributed by atoms with Gasteiger partial charge in [-0.25, -0.2) is 14.4 Å². The van der Waals surface area contributed by atoms with E-state index in [9.17, 15) is 55.4 Å². The first-order valence-electron chi connectivity index (χ1n) is 11.8. The second kappa shape index (κ2) is 13.6. The molecule has 0 aliphatic rings. The summed E-state index contributed by atoms with van der Waals surface area (Å²) in [5.74, 6) is -8.13. The highest BCUT2D eigenvalue weighted by molar-refractivity contribution is 9.10. The summed E-state index contributed by atoms with van der Waals surface area (Å²) in [6, 6.07) is 10.7. The lowest BCUT2D eigenvalue weighted by atomic mass is 10.1. The average Bonchev–Trinajstić information content (AvgIpc) is 2.96. The van der Waals surface area contributed by atoms with E-state index in [0.717, 1.165) is 24.3 Å². The molecule has 17 heteroatoms. The number of nitrogens with one attached hydrogen (secondary N) is 2. The van der Waals surface area contributed by atoms with Crippen molar-refractivity contribution >= 4 is 45.7 Å². The molecule has 0 radical (unpaired) electrons. The minimum absolute atomic E-state index is 0.0169. The Morgan fingerprint density at radius 3 is 1.55 bits per heavy atom. The smallest absolute Gasteiger partial charge is 0.416 e. The normalized spacial score (nSPS) is 12.8. The predicted molar refractivity (Wildman–Crippen MR) is 139 cm³/mol. The van der Waals surface area contributed by atoms with E-state index in [2.05, 4.69) is 15.9 Å². The summed E-state index contributed by atoms with van der Waals surface area (Å²) in [5.41, 5.74) is -0.590. The van der Waals surface area contributed by atoms with Crippen LogP contribution in [0.25, 0.3) is 0 Å². The van der Waals surface area contributed by atoms with Crippen LogP contribution in [0.1, 0.15) is 42.2 Å². The molecule has 3 aromatic carbocycles. The molecule has 0 spiro atoms. The minimum atomic E-state index is -4.91. The predicted octanol–water partition coefficient (Wildman–Crippen LogP) is 4.78. The number of hydrazine groups is 1. The number of carboxylic acids is 1. The summed E-state index contributed by atoms with van der Waals surface area (Å²) in [7, 11) is 0. The molecule has 0 saturated heterocycles. The first kappa shape index (κ1) is 33.6. The molecule has 2 amide bonds. The third-order valence-electron chi connectivity index (χ3n) is 5.50. The highest BCUT2D eigenvalue weighted by Crippen LogP contribution is 2.31. The number of alkyl halides is 6. The lowest BCUT2D eigenvalue weighted by Crippen LogP contribution is -2.54. The number of rotatable bonds is 8. The maximum atomic E-state index is 13.1. The van der Waals surface area contributed by atoms with Gasteiger partial charge in [0.05, 0.1) is 22.3 Å². The van der Waals surface area contributed by atoms with Gasteiger partial charge in [0.25, 0.3) is 11.8 Å². The Kier molecular flexibility index (Phi) is 10.4. The number of esters is 2. The van der Waals surface area contributed by atoms with Crippen LogP contribution in [0.15, 0.2) is 77.3 Å². The van der Waals surface area contributed by atoms with E-state index in [0.29, 0.717) is 28.7 Å². The minimum Gasteiger partial charge on any atom is -0.478 e. The van der Waals surface area contributed by atoms with E-state index < -0.39 is 76.5 Å². The first-order valence-corrected chi connectivity index (χ1v) is 12.6. The lowest BCUT2D eigenvalue weighted by Gasteiger charge is -2.24. The van der Waals surface area contributed by atoms with Gasteiger partial charge in [-0.15, -0.1) is 0 Å². The highest BCUT2D eigenvalue weighted by atomic mass is 79.9. The van der Waals surface area contributed by atoms with E-state index >= 15 is 0 Å². The first-order chi connectivity index (χ1) is 20.5. The van der Waals surface area contributed by atoms with Crippen LogP contribution in [0.3, 0.4) is 0 Å². The maximum absolute atomic E-state index is 13.1. The number of aliphatic carboxylic acids is 1. The number of hydrogen-bond donors (Lipinski definition) is 3. The Hall–Kier alpha value is -4.93. The molecule has 44 heavy (non-hydrogen) atoms. The second-order valence-electron chi connectivity index (χ2n) is 8.60. The van der Waals surface area contributed by atoms with Crippen molar-refractivity contribution in [2.24, 2.45) is 0 Å². The SMILES string of the molecule is O=C(NNC(=O)[C@H](OC(=O)c1cccc(C(F)(F)F)c1)[C@H](OC(=O)c1cccc(C(F)(F)F)c1)C(=O)O)c1ccc(Br)cc1. The highest BCUT2D eigenvalue weighted by Gasteiger charge is 2.42. The molecule has 0 heterocycles. The molecule has 0 bridgehead atoms. The number of amides is 2. The quantitative estimate of drug-likeness (QED) is 0.174. The van der Waals surface area contributed by atoms with Crippen LogP contribution < -0.4 is 10.9 Å². The van der Waals surface area contributed by atoms with Crippen molar-refractivity contribution in [3.05, 3.63) is 105 Å². The number of hydrogen-bond acceptors (Lipinski definition) is 7. The average molecular weight is 691 g/mol. The number of carboxylic acid groups (broad SMARTS) is 1. The molecule has 232 valence electrons. The summed E-state index contributed by atoms with van der Waals surface area (Å²) in [6.07, 6.45) is -15.3. The summed E-state index contributed by atoms with van der Waals surface area (Å²) in [4.78, 5) is 62.8. The molecule has 0 unspecified atom stereocenters. The van der Waals surface area contributed by atoms with Crippen LogP contribution in [0, 0.1) is 0 Å². The zero-order chi connectivity index (χ0) is 32.8. The van der Waals surface area contributed by atoms with E-state index in [1.165, 1.54) is 24.3 Å². The van der Waals surface area contributed by atoms with Gasteiger partial charge in [-0.3, -0.25) is 20.4 Å². The molecule has 3 rings (SSSR count). The third kappa shape index (κ3) is 8.79. The second-order valence-corrected chi connectivity index (χ2v) is 9.51. The fourth-order valence-electron chi connectivity index (χ4n) is 3.37. The Bertz CT molecular complexity index is 1580. The zero-order valence-corrected chi connectivity index (χ0v) is 23.1. The van der Waals surface area contributed by atoms with Gasteiger partial charge in [0.2, 0.25) is 12.2 Å². The summed E-state index contributed by atoms with van der Waals surface area (Å²) < 4.78 is 88.8. The molecular formula is C27H17BrF6N2O8. The monoisotopic (exact) mass is 690 g/mol. The Balaban J connectivity index is 1.92. The van der Waals surface area contributed by atoms with Gasteiger partial charge in [-0.2, -0.15) is 26.3 Å². The molecule has 3 N–H and O–H groups in total. The molecule has 0 fully saturated rings. The van der Waals surface area contributed by atoms with Crippen LogP contribution in [0.2, 0.25) is 0 Å². The van der Waals surface area contributed by atoms with E-state index in [4.69, 9.17) is 9.47 Å². The van der Waals surface area contributed by atoms with E-state index in [-0.39, 0.29) is 5.56 Å². The Morgan fingerprint density at radius 1 is 0.659 bits per heavy atom. The van der Waals surface area contributed by atoms with Crippen LogP contribution in [-0.2, 0) is 31.4 Å². The van der Waals surface area contributed by atoms with Crippen molar-refractivity contribution in [2.75, 3.05) is 0 Å². The molecule has 0 saturated carbocycles. The van der Waals surface area contributed by atoms with E-state index in [1.807, 2.05) is 5.43 Å². The Labute approximate surface area is 251 Å². The molecule has 2 atom stereocenters. The zero-order valence-electron chi connectivity index (χ0n) is 21.5. The van der Waals surface area contributed by atoms with Gasteiger partial charge in [-0.05, 0) is 60.7 Å². The van der Waals surface area contributed by atoms with Gasteiger partial charge in [0.1, 0.15) is 0 Å². The van der Waals surface area contributed by atoms with Crippen LogP contribution in [0.4, 0.5) is 26.3 Å². The van der Waals surface area contributed by atoms with Crippen LogP contribution in [-0.4, -0.2) is 47.0 Å². The topological polar surface area (TPSA) is 148 Å². The molecule has 0 aliphatic heterocycles. The van der Waals surface area contributed by atoms with Gasteiger partial charge in [0.15, 0.2) is 0 Å². The number of benzene rings is 3. The maximum Gasteiger partial charge on any atom is 0.416 e. The number of ether oxygens (including phenoxy) is 2. The van der Waals surface area contributed by atoms with Crippen molar-refractivity contribution in [2.45, 2.75) is 24.6 Å². The van der Waals surface area contributed by atoms with Gasteiger partial charge < -0.3 is 14.6 Å². The molecular weight excluding hydrogens is 674 g/mol.